The van der Waals surface area contributed by atoms with Crippen LogP contribution in [0.3, 0.4) is 0 Å². The highest BCUT2D eigenvalue weighted by atomic mass is 16.5. The topological polar surface area (TPSA) is 75.7 Å². The first kappa shape index (κ1) is 19.4. The van der Waals surface area contributed by atoms with Gasteiger partial charge in [0.25, 0.3) is 5.91 Å². The van der Waals surface area contributed by atoms with Crippen LogP contribution >= 0.6 is 0 Å². The lowest BCUT2D eigenvalue weighted by Crippen LogP contribution is -2.38. The molecule has 1 N–H and O–H groups in total. The number of likely N-dealkylation sites (tertiary alicyclic amines) is 1. The summed E-state index contributed by atoms with van der Waals surface area (Å²) in [5.74, 6) is -1.26. The summed E-state index contributed by atoms with van der Waals surface area (Å²) in [6, 6.07) is 5.92. The van der Waals surface area contributed by atoms with Gasteiger partial charge in [0.05, 0.1) is 5.92 Å². The van der Waals surface area contributed by atoms with Gasteiger partial charge >= 0.3 is 5.97 Å². The molecule has 146 valence electrons. The first-order chi connectivity index (χ1) is 13.0. The van der Waals surface area contributed by atoms with Crippen molar-refractivity contribution in [2.45, 2.75) is 58.4 Å². The summed E-state index contributed by atoms with van der Waals surface area (Å²) < 4.78 is 5.18. The van der Waals surface area contributed by atoms with Gasteiger partial charge in [0.2, 0.25) is 5.91 Å². The highest BCUT2D eigenvalue weighted by molar-refractivity contribution is 5.94. The van der Waals surface area contributed by atoms with E-state index in [1.807, 2.05) is 36.9 Å². The maximum absolute atomic E-state index is 12.3. The fraction of sp³-hybridized carbons (Fsp3) is 0.571. The molecular formula is C21H28N2O4. The van der Waals surface area contributed by atoms with Crippen molar-refractivity contribution in [3.8, 4) is 0 Å². The molecule has 0 radical (unpaired) electrons. The molecule has 0 spiro atoms. The summed E-state index contributed by atoms with van der Waals surface area (Å²) in [5, 5.41) is 2.77. The fourth-order valence-corrected chi connectivity index (χ4v) is 3.96. The quantitative estimate of drug-likeness (QED) is 0.806. The average molecular weight is 372 g/mol. The summed E-state index contributed by atoms with van der Waals surface area (Å²) >= 11 is 0. The Labute approximate surface area is 160 Å². The number of esters is 1. The highest BCUT2D eigenvalue weighted by Crippen LogP contribution is 2.29. The van der Waals surface area contributed by atoms with Gasteiger partial charge in [-0.05, 0) is 43.9 Å². The highest BCUT2D eigenvalue weighted by Gasteiger charge is 2.39. The van der Waals surface area contributed by atoms with Crippen molar-refractivity contribution in [3.63, 3.8) is 0 Å². The van der Waals surface area contributed by atoms with Gasteiger partial charge in [-0.3, -0.25) is 14.4 Å². The van der Waals surface area contributed by atoms with Crippen molar-refractivity contribution >= 4 is 23.5 Å². The van der Waals surface area contributed by atoms with Gasteiger partial charge in [-0.25, -0.2) is 0 Å². The molecule has 1 saturated carbocycles. The molecular weight excluding hydrogens is 344 g/mol. The van der Waals surface area contributed by atoms with Crippen molar-refractivity contribution in [2.24, 2.45) is 5.92 Å². The van der Waals surface area contributed by atoms with Gasteiger partial charge in [0, 0.05) is 24.7 Å². The van der Waals surface area contributed by atoms with Crippen LogP contribution in [-0.4, -0.2) is 41.9 Å². The molecule has 1 aromatic rings. The molecule has 6 nitrogen and oxygen atoms in total. The lowest BCUT2D eigenvalue weighted by atomic mass is 9.94. The summed E-state index contributed by atoms with van der Waals surface area (Å²) in [5.41, 5.74) is 2.79. The SMILES string of the molecule is Cc1cccc(NC(=O)COC(=O)[C@@H]2CC(=O)N(C3CCCCC3)C2)c1C. The number of carbonyl (C=O) groups excluding carboxylic acids is 3. The number of hydrogen-bond acceptors (Lipinski definition) is 4. The molecule has 2 fully saturated rings. The van der Waals surface area contributed by atoms with Crippen LogP contribution < -0.4 is 5.32 Å². The third-order valence-electron chi connectivity index (χ3n) is 5.73. The zero-order valence-electron chi connectivity index (χ0n) is 16.1. The Morgan fingerprint density at radius 3 is 2.67 bits per heavy atom. The van der Waals surface area contributed by atoms with E-state index >= 15 is 0 Å². The Morgan fingerprint density at radius 2 is 1.93 bits per heavy atom. The van der Waals surface area contributed by atoms with E-state index in [9.17, 15) is 14.4 Å². The lowest BCUT2D eigenvalue weighted by Gasteiger charge is -2.31. The van der Waals surface area contributed by atoms with E-state index < -0.39 is 11.9 Å². The number of nitrogens with one attached hydrogen (secondary N) is 1. The number of hydrogen-bond donors (Lipinski definition) is 1. The largest absolute Gasteiger partial charge is 0.455 e. The third-order valence-corrected chi connectivity index (χ3v) is 5.73. The van der Waals surface area contributed by atoms with Crippen LogP contribution in [0.4, 0.5) is 5.69 Å². The van der Waals surface area contributed by atoms with Gasteiger partial charge < -0.3 is 15.0 Å². The molecule has 0 bridgehead atoms. The third kappa shape index (κ3) is 4.67. The maximum atomic E-state index is 12.3. The van der Waals surface area contributed by atoms with E-state index in [1.165, 1.54) is 6.42 Å². The van der Waals surface area contributed by atoms with Crippen LogP contribution in [0, 0.1) is 19.8 Å². The summed E-state index contributed by atoms with van der Waals surface area (Å²) in [6.45, 7) is 3.99. The summed E-state index contributed by atoms with van der Waals surface area (Å²) in [4.78, 5) is 38.5. The first-order valence-electron chi connectivity index (χ1n) is 9.78. The minimum absolute atomic E-state index is 0.0312. The number of amides is 2. The second kappa shape index (κ2) is 8.55. The predicted octanol–water partition coefficient (Wildman–Crippen LogP) is 2.97. The van der Waals surface area contributed by atoms with Crippen molar-refractivity contribution in [1.82, 2.24) is 4.90 Å². The van der Waals surface area contributed by atoms with Gasteiger partial charge in [0.1, 0.15) is 0 Å². The van der Waals surface area contributed by atoms with Crippen molar-refractivity contribution in [3.05, 3.63) is 29.3 Å². The molecule has 6 heteroatoms. The number of aryl methyl sites for hydroxylation is 1. The molecule has 0 unspecified atom stereocenters. The monoisotopic (exact) mass is 372 g/mol. The van der Waals surface area contributed by atoms with Crippen molar-refractivity contribution < 1.29 is 19.1 Å². The minimum Gasteiger partial charge on any atom is -0.455 e. The van der Waals surface area contributed by atoms with Gasteiger partial charge in [-0.2, -0.15) is 0 Å². The number of ether oxygens (including phenoxy) is 1. The Morgan fingerprint density at radius 1 is 1.19 bits per heavy atom. The molecule has 1 aromatic carbocycles. The standard InChI is InChI=1S/C21H28N2O4/c1-14-7-6-10-18(15(14)2)22-19(24)13-27-21(26)16-11-20(25)23(12-16)17-8-4-3-5-9-17/h6-7,10,16-17H,3-5,8-9,11-13H2,1-2H3,(H,22,24)/t16-/m1/s1. The van der Waals surface area contributed by atoms with Gasteiger partial charge in [-0.15, -0.1) is 0 Å². The van der Waals surface area contributed by atoms with Gasteiger partial charge in [-0.1, -0.05) is 31.4 Å². The van der Waals surface area contributed by atoms with Gasteiger partial charge in [0.15, 0.2) is 6.61 Å². The summed E-state index contributed by atoms with van der Waals surface area (Å²) in [7, 11) is 0. The summed E-state index contributed by atoms with van der Waals surface area (Å²) in [6.07, 6.45) is 5.73. The number of rotatable bonds is 5. The van der Waals surface area contributed by atoms with E-state index in [-0.39, 0.29) is 30.9 Å². The zero-order valence-corrected chi connectivity index (χ0v) is 16.1. The van der Waals surface area contributed by atoms with Crippen LogP contribution in [0.5, 0.6) is 0 Å². The smallest absolute Gasteiger partial charge is 0.311 e. The molecule has 1 heterocycles. The maximum Gasteiger partial charge on any atom is 0.311 e. The lowest BCUT2D eigenvalue weighted by molar-refractivity contribution is -0.151. The van der Waals surface area contributed by atoms with E-state index in [2.05, 4.69) is 5.32 Å². The predicted molar refractivity (Wildman–Crippen MR) is 102 cm³/mol. The number of nitrogens with zero attached hydrogens (tertiary/aromatic N) is 1. The molecule has 1 aliphatic carbocycles. The fourth-order valence-electron chi connectivity index (χ4n) is 3.96. The normalized spacial score (nSPS) is 20.6. The molecule has 3 rings (SSSR count). The van der Waals surface area contributed by atoms with Crippen LogP contribution in [-0.2, 0) is 19.1 Å². The van der Waals surface area contributed by atoms with E-state index in [4.69, 9.17) is 4.74 Å². The zero-order chi connectivity index (χ0) is 19.4. The second-order valence-corrected chi connectivity index (χ2v) is 7.64. The number of anilines is 1. The molecule has 0 aromatic heterocycles. The minimum atomic E-state index is -0.465. The van der Waals surface area contributed by atoms with Crippen molar-refractivity contribution in [1.29, 1.82) is 0 Å². The average Bonchev–Trinajstić information content (AvgIpc) is 3.06. The van der Waals surface area contributed by atoms with E-state index in [0.29, 0.717) is 6.54 Å². The molecule has 2 aliphatic rings. The van der Waals surface area contributed by atoms with E-state index in [1.54, 1.807) is 0 Å². The van der Waals surface area contributed by atoms with Crippen LogP contribution in [0.25, 0.3) is 0 Å². The number of carbonyl (C=O) groups is 3. The number of benzene rings is 1. The Bertz CT molecular complexity index is 725. The molecule has 1 aliphatic heterocycles. The van der Waals surface area contributed by atoms with Crippen LogP contribution in [0.15, 0.2) is 18.2 Å². The Kier molecular flexibility index (Phi) is 6.14. The second-order valence-electron chi connectivity index (χ2n) is 7.64. The molecule has 1 saturated heterocycles. The van der Waals surface area contributed by atoms with Crippen LogP contribution in [0.2, 0.25) is 0 Å². The first-order valence-corrected chi connectivity index (χ1v) is 9.78. The van der Waals surface area contributed by atoms with Crippen LogP contribution in [0.1, 0.15) is 49.7 Å². The molecule has 2 amide bonds. The Balaban J connectivity index is 1.48. The van der Waals surface area contributed by atoms with E-state index in [0.717, 1.165) is 42.5 Å². The molecule has 1 atom stereocenters. The Hall–Kier alpha value is -2.37. The van der Waals surface area contributed by atoms with Crippen molar-refractivity contribution in [2.75, 3.05) is 18.5 Å². The molecule has 27 heavy (non-hydrogen) atoms.